The predicted octanol–water partition coefficient (Wildman–Crippen LogP) is 2.28. The van der Waals surface area contributed by atoms with Gasteiger partial charge in [0, 0.05) is 43.2 Å². The number of rotatable bonds is 7. The molecule has 2 aromatic rings. The zero-order valence-electron chi connectivity index (χ0n) is 20.5. The van der Waals surface area contributed by atoms with Crippen molar-refractivity contribution >= 4 is 23.8 Å². The van der Waals surface area contributed by atoms with Crippen LogP contribution < -0.4 is 15.4 Å². The van der Waals surface area contributed by atoms with Gasteiger partial charge in [-0.3, -0.25) is 19.3 Å². The van der Waals surface area contributed by atoms with E-state index in [1.807, 2.05) is 12.1 Å². The average Bonchev–Trinajstić information content (AvgIpc) is 3.17. The number of hydrogen-bond acceptors (Lipinski definition) is 6. The van der Waals surface area contributed by atoms with Crippen LogP contribution in [0.4, 0.5) is 4.79 Å². The minimum atomic E-state index is -0.662. The number of carbonyl (C=O) groups is 4. The summed E-state index contributed by atoms with van der Waals surface area (Å²) in [6.45, 7) is 4.18. The molecule has 4 rings (SSSR count). The van der Waals surface area contributed by atoms with Crippen molar-refractivity contribution in [3.63, 3.8) is 0 Å². The molecule has 0 aromatic heterocycles. The summed E-state index contributed by atoms with van der Waals surface area (Å²) >= 11 is 0. The summed E-state index contributed by atoms with van der Waals surface area (Å²) in [5.74, 6) is -0.164. The molecule has 190 valence electrons. The Hall–Kier alpha value is -4.08. The number of phenolic OH excluding ortho intramolecular Hbond substituents is 1. The first-order valence-electron chi connectivity index (χ1n) is 11.9. The van der Waals surface area contributed by atoms with Crippen LogP contribution in [0.15, 0.2) is 36.4 Å². The van der Waals surface area contributed by atoms with Crippen LogP contribution in [0.3, 0.4) is 0 Å². The first-order valence-corrected chi connectivity index (χ1v) is 11.9. The molecule has 1 atom stereocenters. The second-order valence-corrected chi connectivity index (χ2v) is 9.21. The number of imide groups is 1. The number of fused-ring (bicyclic) bond motifs is 1. The fraction of sp³-hybridized carbons (Fsp3) is 0.385. The van der Waals surface area contributed by atoms with Crippen molar-refractivity contribution < 1.29 is 29.0 Å². The molecule has 3 N–H and O–H groups in total. The molecule has 10 heteroatoms. The molecular formula is C26H30N4O6. The normalized spacial score (nSPS) is 17.4. The van der Waals surface area contributed by atoms with Gasteiger partial charge in [0.15, 0.2) is 0 Å². The third-order valence-corrected chi connectivity index (χ3v) is 6.50. The standard InChI is InChI=1S/C26H30N4O6/c1-15(2)30-23(32)9-7-21(25(30)34)29-14-17-5-4-16(10-20(17)24(29)33)12-27-26(35)28-13-18-11-19(36-3)6-8-22(18)31/h4-6,8,10-11,15,21,31H,7,9,12-14H2,1-3H3,(H2,27,28,35). The lowest BCUT2D eigenvalue weighted by atomic mass is 10.0. The topological polar surface area (TPSA) is 128 Å². The van der Waals surface area contributed by atoms with Gasteiger partial charge >= 0.3 is 6.03 Å². The van der Waals surface area contributed by atoms with Gasteiger partial charge in [0.1, 0.15) is 17.5 Å². The summed E-state index contributed by atoms with van der Waals surface area (Å²) in [6.07, 6.45) is 0.546. The lowest BCUT2D eigenvalue weighted by molar-refractivity contribution is -0.154. The molecule has 2 aromatic carbocycles. The molecule has 1 fully saturated rings. The van der Waals surface area contributed by atoms with Crippen LogP contribution in [-0.2, 0) is 29.2 Å². The molecule has 2 aliphatic rings. The van der Waals surface area contributed by atoms with E-state index in [0.29, 0.717) is 29.8 Å². The van der Waals surface area contributed by atoms with Crippen molar-refractivity contribution in [2.24, 2.45) is 0 Å². The van der Waals surface area contributed by atoms with E-state index in [-0.39, 0.29) is 49.0 Å². The Balaban J connectivity index is 1.36. The van der Waals surface area contributed by atoms with Crippen molar-refractivity contribution in [3.8, 4) is 11.5 Å². The van der Waals surface area contributed by atoms with Gasteiger partial charge in [0.25, 0.3) is 11.8 Å². The molecule has 0 radical (unpaired) electrons. The van der Waals surface area contributed by atoms with Crippen molar-refractivity contribution in [1.82, 2.24) is 20.4 Å². The highest BCUT2D eigenvalue weighted by Crippen LogP contribution is 2.30. The van der Waals surface area contributed by atoms with E-state index in [4.69, 9.17) is 4.74 Å². The van der Waals surface area contributed by atoms with Crippen LogP contribution in [-0.4, -0.2) is 57.9 Å². The quantitative estimate of drug-likeness (QED) is 0.507. The number of urea groups is 1. The summed E-state index contributed by atoms with van der Waals surface area (Å²) in [5.41, 5.74) is 2.55. The van der Waals surface area contributed by atoms with Gasteiger partial charge in [-0.2, -0.15) is 0 Å². The zero-order chi connectivity index (χ0) is 26.0. The van der Waals surface area contributed by atoms with E-state index < -0.39 is 12.1 Å². The maximum absolute atomic E-state index is 13.2. The van der Waals surface area contributed by atoms with E-state index in [2.05, 4.69) is 10.6 Å². The molecule has 36 heavy (non-hydrogen) atoms. The van der Waals surface area contributed by atoms with Crippen LogP contribution >= 0.6 is 0 Å². The van der Waals surface area contributed by atoms with Crippen LogP contribution in [0.25, 0.3) is 0 Å². The maximum atomic E-state index is 13.2. The SMILES string of the molecule is COc1ccc(O)c(CNC(=O)NCc2ccc3c(c2)C(=O)N(C2CCC(=O)N(C(C)C)C2=O)C3)c1. The Kier molecular flexibility index (Phi) is 7.14. The van der Waals surface area contributed by atoms with Crippen molar-refractivity contribution in [2.75, 3.05) is 7.11 Å². The molecule has 0 spiro atoms. The molecule has 1 saturated heterocycles. The minimum absolute atomic E-state index is 0.0510. The van der Waals surface area contributed by atoms with Gasteiger partial charge < -0.3 is 25.4 Å². The number of nitrogens with one attached hydrogen (secondary N) is 2. The second-order valence-electron chi connectivity index (χ2n) is 9.21. The molecule has 0 aliphatic carbocycles. The van der Waals surface area contributed by atoms with Crippen LogP contribution in [0, 0.1) is 0 Å². The van der Waals surface area contributed by atoms with E-state index in [1.54, 1.807) is 36.9 Å². The first-order chi connectivity index (χ1) is 17.2. The maximum Gasteiger partial charge on any atom is 0.315 e. The number of nitrogens with zero attached hydrogens (tertiary/aromatic N) is 2. The van der Waals surface area contributed by atoms with Crippen LogP contribution in [0.1, 0.15) is 53.7 Å². The molecule has 0 bridgehead atoms. The molecular weight excluding hydrogens is 464 g/mol. The van der Waals surface area contributed by atoms with E-state index in [9.17, 15) is 24.3 Å². The first kappa shape index (κ1) is 25.0. The number of ether oxygens (including phenoxy) is 1. The number of carbonyl (C=O) groups excluding carboxylic acids is 4. The smallest absolute Gasteiger partial charge is 0.315 e. The summed E-state index contributed by atoms with van der Waals surface area (Å²) in [6, 6.07) is 8.79. The summed E-state index contributed by atoms with van der Waals surface area (Å²) in [4.78, 5) is 53.4. The van der Waals surface area contributed by atoms with Gasteiger partial charge in [-0.15, -0.1) is 0 Å². The molecule has 1 unspecified atom stereocenters. The Morgan fingerprint density at radius 1 is 1.11 bits per heavy atom. The molecule has 2 heterocycles. The van der Waals surface area contributed by atoms with Gasteiger partial charge in [-0.25, -0.2) is 4.79 Å². The number of hydrogen-bond donors (Lipinski definition) is 3. The average molecular weight is 495 g/mol. The lowest BCUT2D eigenvalue weighted by Gasteiger charge is -2.37. The Morgan fingerprint density at radius 2 is 1.86 bits per heavy atom. The molecule has 5 amide bonds. The lowest BCUT2D eigenvalue weighted by Crippen LogP contribution is -2.56. The van der Waals surface area contributed by atoms with Crippen LogP contribution in [0.2, 0.25) is 0 Å². The molecule has 10 nitrogen and oxygen atoms in total. The largest absolute Gasteiger partial charge is 0.508 e. The summed E-state index contributed by atoms with van der Waals surface area (Å²) < 4.78 is 5.13. The number of amides is 5. The summed E-state index contributed by atoms with van der Waals surface area (Å²) in [7, 11) is 1.52. The second kappa shape index (κ2) is 10.3. The van der Waals surface area contributed by atoms with Gasteiger partial charge in [-0.1, -0.05) is 12.1 Å². The fourth-order valence-corrected chi connectivity index (χ4v) is 4.60. The summed E-state index contributed by atoms with van der Waals surface area (Å²) in [5, 5.41) is 15.4. The third-order valence-electron chi connectivity index (χ3n) is 6.50. The fourth-order valence-electron chi connectivity index (χ4n) is 4.60. The molecule has 0 saturated carbocycles. The highest BCUT2D eigenvalue weighted by molar-refractivity contribution is 6.05. The molecule has 2 aliphatic heterocycles. The number of phenols is 1. The van der Waals surface area contributed by atoms with Crippen LogP contribution in [0.5, 0.6) is 11.5 Å². The van der Waals surface area contributed by atoms with E-state index >= 15 is 0 Å². The zero-order valence-corrected chi connectivity index (χ0v) is 20.5. The Labute approximate surface area is 209 Å². The number of methoxy groups -OCH3 is 1. The predicted molar refractivity (Wildman–Crippen MR) is 130 cm³/mol. The van der Waals surface area contributed by atoms with Crippen molar-refractivity contribution in [2.45, 2.75) is 58.4 Å². The minimum Gasteiger partial charge on any atom is -0.508 e. The van der Waals surface area contributed by atoms with Crippen molar-refractivity contribution in [1.29, 1.82) is 0 Å². The van der Waals surface area contributed by atoms with Gasteiger partial charge in [0.2, 0.25) is 5.91 Å². The Bertz CT molecular complexity index is 1210. The number of benzene rings is 2. The van der Waals surface area contributed by atoms with Gasteiger partial charge in [-0.05, 0) is 55.7 Å². The Morgan fingerprint density at radius 3 is 2.58 bits per heavy atom. The highest BCUT2D eigenvalue weighted by Gasteiger charge is 2.43. The number of aromatic hydroxyl groups is 1. The third kappa shape index (κ3) is 4.98. The highest BCUT2D eigenvalue weighted by atomic mass is 16.5. The van der Waals surface area contributed by atoms with Gasteiger partial charge in [0.05, 0.1) is 7.11 Å². The number of likely N-dealkylation sites (tertiary alicyclic amines) is 1. The van der Waals surface area contributed by atoms with E-state index in [1.165, 1.54) is 18.1 Å². The van der Waals surface area contributed by atoms with Crippen molar-refractivity contribution in [3.05, 3.63) is 58.7 Å². The monoisotopic (exact) mass is 494 g/mol. The number of piperidine rings is 1. The van der Waals surface area contributed by atoms with E-state index in [0.717, 1.165) is 11.1 Å².